The maximum absolute atomic E-state index is 10.9. The summed E-state index contributed by atoms with van der Waals surface area (Å²) < 4.78 is 6.76. The first-order valence-corrected chi connectivity index (χ1v) is 7.10. The number of carbonyl (C=O) groups is 1. The number of nitrogens with zero attached hydrogens (tertiary/aromatic N) is 3. The molecule has 0 bridgehead atoms. The van der Waals surface area contributed by atoms with Crippen LogP contribution in [0.15, 0.2) is 54.7 Å². The van der Waals surface area contributed by atoms with Crippen molar-refractivity contribution in [2.75, 3.05) is 7.11 Å². The Balaban J connectivity index is 2.04. The molecule has 1 heterocycles. The van der Waals surface area contributed by atoms with E-state index in [2.05, 4.69) is 11.2 Å². The van der Waals surface area contributed by atoms with E-state index in [-0.39, 0.29) is 5.56 Å². The number of nitriles is 1. The second-order valence-corrected chi connectivity index (χ2v) is 5.03. The summed E-state index contributed by atoms with van der Waals surface area (Å²) in [7, 11) is 1.58. The number of aromatic nitrogens is 2. The number of hydrogen-bond donors (Lipinski definition) is 1. The molecular formula is C18H13N3O3. The van der Waals surface area contributed by atoms with Gasteiger partial charge in [0.2, 0.25) is 0 Å². The molecule has 0 atom stereocenters. The minimum absolute atomic E-state index is 0.194. The zero-order chi connectivity index (χ0) is 17.1. The number of methoxy groups -OCH3 is 1. The Bertz CT molecular complexity index is 937. The van der Waals surface area contributed by atoms with Gasteiger partial charge in [-0.1, -0.05) is 12.1 Å². The summed E-state index contributed by atoms with van der Waals surface area (Å²) in [5, 5.41) is 22.8. The monoisotopic (exact) mass is 319 g/mol. The highest BCUT2D eigenvalue weighted by molar-refractivity contribution is 5.87. The maximum Gasteiger partial charge on any atom is 0.335 e. The van der Waals surface area contributed by atoms with E-state index in [0.717, 1.165) is 5.56 Å². The predicted octanol–water partition coefficient (Wildman–Crippen LogP) is 3.12. The SMILES string of the molecule is COc1cccc(-c2nn(-c3ccc(C(=O)O)cc3)cc2C#N)c1. The van der Waals surface area contributed by atoms with Gasteiger partial charge in [0.05, 0.1) is 23.9 Å². The highest BCUT2D eigenvalue weighted by atomic mass is 16.5. The fourth-order valence-electron chi connectivity index (χ4n) is 2.33. The van der Waals surface area contributed by atoms with Crippen LogP contribution in [-0.4, -0.2) is 28.0 Å². The van der Waals surface area contributed by atoms with Crippen molar-refractivity contribution < 1.29 is 14.6 Å². The number of hydrogen-bond acceptors (Lipinski definition) is 4. The van der Waals surface area contributed by atoms with E-state index >= 15 is 0 Å². The van der Waals surface area contributed by atoms with Crippen molar-refractivity contribution >= 4 is 5.97 Å². The van der Waals surface area contributed by atoms with Crippen LogP contribution in [0.1, 0.15) is 15.9 Å². The molecule has 0 fully saturated rings. The number of carboxylic acids is 1. The highest BCUT2D eigenvalue weighted by Gasteiger charge is 2.13. The van der Waals surface area contributed by atoms with Crippen molar-refractivity contribution in [3.05, 3.63) is 65.9 Å². The van der Waals surface area contributed by atoms with E-state index in [1.165, 1.54) is 12.1 Å². The molecule has 0 unspecified atom stereocenters. The average molecular weight is 319 g/mol. The second kappa shape index (κ2) is 6.26. The molecule has 0 spiro atoms. The molecule has 3 aromatic rings. The van der Waals surface area contributed by atoms with Crippen molar-refractivity contribution in [2.24, 2.45) is 0 Å². The molecule has 0 radical (unpaired) electrons. The van der Waals surface area contributed by atoms with Gasteiger partial charge in [-0.2, -0.15) is 10.4 Å². The fourth-order valence-corrected chi connectivity index (χ4v) is 2.33. The molecule has 0 saturated carbocycles. The summed E-state index contributed by atoms with van der Waals surface area (Å²) in [5.41, 5.74) is 2.60. The van der Waals surface area contributed by atoms with E-state index in [1.807, 2.05) is 18.2 Å². The number of benzene rings is 2. The smallest absolute Gasteiger partial charge is 0.335 e. The predicted molar refractivity (Wildman–Crippen MR) is 87.2 cm³/mol. The lowest BCUT2D eigenvalue weighted by molar-refractivity contribution is 0.0697. The van der Waals surface area contributed by atoms with Crippen LogP contribution in [0, 0.1) is 11.3 Å². The van der Waals surface area contributed by atoms with Gasteiger partial charge in [0.25, 0.3) is 0 Å². The van der Waals surface area contributed by atoms with E-state index < -0.39 is 5.97 Å². The first-order chi connectivity index (χ1) is 11.6. The standard InChI is InChI=1S/C18H13N3O3/c1-24-16-4-2-3-13(9-16)17-14(10-19)11-21(20-17)15-7-5-12(6-8-15)18(22)23/h2-9,11H,1H3,(H,22,23). The van der Waals surface area contributed by atoms with Gasteiger partial charge in [0, 0.05) is 11.8 Å². The van der Waals surface area contributed by atoms with Crippen LogP contribution in [0.4, 0.5) is 0 Å². The molecule has 6 nitrogen and oxygen atoms in total. The van der Waals surface area contributed by atoms with E-state index in [1.54, 1.807) is 36.2 Å². The van der Waals surface area contributed by atoms with Gasteiger partial charge in [-0.15, -0.1) is 0 Å². The first-order valence-electron chi connectivity index (χ1n) is 7.10. The highest BCUT2D eigenvalue weighted by Crippen LogP contribution is 2.26. The quantitative estimate of drug-likeness (QED) is 0.798. The number of rotatable bonds is 4. The summed E-state index contributed by atoms with van der Waals surface area (Å²) in [6, 6.07) is 15.7. The third-order valence-electron chi connectivity index (χ3n) is 3.56. The molecule has 118 valence electrons. The van der Waals surface area contributed by atoms with Gasteiger partial charge in [-0.25, -0.2) is 9.48 Å². The molecule has 0 saturated heterocycles. The lowest BCUT2D eigenvalue weighted by Gasteiger charge is -2.03. The molecule has 3 rings (SSSR count). The van der Waals surface area contributed by atoms with E-state index in [0.29, 0.717) is 22.7 Å². The van der Waals surface area contributed by atoms with Crippen molar-refractivity contribution in [2.45, 2.75) is 0 Å². The van der Waals surface area contributed by atoms with Crippen molar-refractivity contribution in [1.29, 1.82) is 5.26 Å². The fraction of sp³-hybridized carbons (Fsp3) is 0.0556. The summed E-state index contributed by atoms with van der Waals surface area (Å²) in [6.07, 6.45) is 1.62. The van der Waals surface area contributed by atoms with Gasteiger partial charge in [0.1, 0.15) is 17.5 Å². The minimum atomic E-state index is -0.989. The van der Waals surface area contributed by atoms with Gasteiger partial charge in [0.15, 0.2) is 0 Å². The largest absolute Gasteiger partial charge is 0.497 e. The van der Waals surface area contributed by atoms with Gasteiger partial charge >= 0.3 is 5.97 Å². The normalized spacial score (nSPS) is 10.2. The van der Waals surface area contributed by atoms with Crippen molar-refractivity contribution in [3.63, 3.8) is 0 Å². The summed E-state index contributed by atoms with van der Waals surface area (Å²) in [6.45, 7) is 0. The molecule has 2 aromatic carbocycles. The van der Waals surface area contributed by atoms with Gasteiger partial charge in [-0.05, 0) is 36.4 Å². The van der Waals surface area contributed by atoms with E-state index in [9.17, 15) is 10.1 Å². The third kappa shape index (κ3) is 2.83. The van der Waals surface area contributed by atoms with Crippen LogP contribution in [0.25, 0.3) is 16.9 Å². The van der Waals surface area contributed by atoms with Gasteiger partial charge in [-0.3, -0.25) is 0 Å². The lowest BCUT2D eigenvalue weighted by atomic mass is 10.1. The Morgan fingerprint density at radius 1 is 1.25 bits per heavy atom. The lowest BCUT2D eigenvalue weighted by Crippen LogP contribution is -1.99. The van der Waals surface area contributed by atoms with Crippen molar-refractivity contribution in [3.8, 4) is 28.8 Å². The maximum atomic E-state index is 10.9. The molecule has 0 aliphatic carbocycles. The third-order valence-corrected chi connectivity index (χ3v) is 3.56. The molecule has 1 aromatic heterocycles. The summed E-state index contributed by atoms with van der Waals surface area (Å²) in [5.74, 6) is -0.312. The Morgan fingerprint density at radius 2 is 2.00 bits per heavy atom. The molecular weight excluding hydrogens is 306 g/mol. The van der Waals surface area contributed by atoms with Crippen LogP contribution in [0.3, 0.4) is 0 Å². The molecule has 24 heavy (non-hydrogen) atoms. The van der Waals surface area contributed by atoms with Crippen LogP contribution in [-0.2, 0) is 0 Å². The molecule has 0 amide bonds. The summed E-state index contributed by atoms with van der Waals surface area (Å²) in [4.78, 5) is 10.9. The number of aromatic carboxylic acids is 1. The van der Waals surface area contributed by atoms with Crippen LogP contribution >= 0.6 is 0 Å². The van der Waals surface area contributed by atoms with Crippen LogP contribution in [0.5, 0.6) is 5.75 Å². The number of carboxylic acid groups (broad SMARTS) is 1. The van der Waals surface area contributed by atoms with Crippen molar-refractivity contribution in [1.82, 2.24) is 9.78 Å². The number of ether oxygens (including phenoxy) is 1. The zero-order valence-electron chi connectivity index (χ0n) is 12.8. The molecule has 1 N–H and O–H groups in total. The first kappa shape index (κ1) is 15.3. The van der Waals surface area contributed by atoms with E-state index in [4.69, 9.17) is 9.84 Å². The Hall–Kier alpha value is -3.59. The Labute approximate surface area is 138 Å². The topological polar surface area (TPSA) is 88.1 Å². The average Bonchev–Trinajstić information content (AvgIpc) is 3.06. The van der Waals surface area contributed by atoms with Crippen LogP contribution in [0.2, 0.25) is 0 Å². The van der Waals surface area contributed by atoms with Gasteiger partial charge < -0.3 is 9.84 Å². The second-order valence-electron chi connectivity index (χ2n) is 5.03. The molecule has 0 aliphatic rings. The minimum Gasteiger partial charge on any atom is -0.497 e. The molecule has 0 aliphatic heterocycles. The zero-order valence-corrected chi connectivity index (χ0v) is 12.8. The Morgan fingerprint density at radius 3 is 2.62 bits per heavy atom. The summed E-state index contributed by atoms with van der Waals surface area (Å²) >= 11 is 0. The Kier molecular flexibility index (Phi) is 4.00. The molecule has 6 heteroatoms. The van der Waals surface area contributed by atoms with Crippen LogP contribution < -0.4 is 4.74 Å².